The van der Waals surface area contributed by atoms with Crippen LogP contribution in [0.5, 0.6) is 0 Å². The maximum atomic E-state index is 12.5. The Morgan fingerprint density at radius 1 is 0.569 bits per heavy atom. The molecule has 14 heteroatoms. The summed E-state index contributed by atoms with van der Waals surface area (Å²) in [5.41, 5.74) is 6.13. The molecule has 0 fully saturated rings. The Morgan fingerprint density at radius 2 is 0.961 bits per heavy atom. The van der Waals surface area contributed by atoms with E-state index in [1.807, 2.05) is 0 Å². The molecule has 51 heavy (non-hydrogen) atoms. The second-order valence-corrected chi connectivity index (χ2v) is 14.3. The summed E-state index contributed by atoms with van der Waals surface area (Å²) in [6.07, 6.45) is 16.7. The summed E-state index contributed by atoms with van der Waals surface area (Å²) in [6, 6.07) is 0. The summed E-state index contributed by atoms with van der Waals surface area (Å²) in [5, 5.41) is 0. The summed E-state index contributed by atoms with van der Waals surface area (Å²) in [6.45, 7) is 10.3. The molecule has 296 valence electrons. The van der Waals surface area contributed by atoms with Gasteiger partial charge in [0.15, 0.2) is 6.10 Å². The Morgan fingerprint density at radius 3 is 1.37 bits per heavy atom. The van der Waals surface area contributed by atoms with E-state index in [4.69, 9.17) is 33.7 Å². The smallest absolute Gasteiger partial charge is 0.462 e. The first-order chi connectivity index (χ1) is 24.4. The van der Waals surface area contributed by atoms with Gasteiger partial charge >= 0.3 is 31.7 Å². The average Bonchev–Trinajstić information content (AvgIpc) is 3.09. The molecular formula is C37H66NO12P. The number of phosphoric ester groups is 1. The fourth-order valence-electron chi connectivity index (χ4n) is 4.80. The minimum absolute atomic E-state index is 0.0229. The van der Waals surface area contributed by atoms with Gasteiger partial charge in [0.1, 0.15) is 6.61 Å². The van der Waals surface area contributed by atoms with Crippen molar-refractivity contribution in [2.24, 2.45) is 5.73 Å². The lowest BCUT2D eigenvalue weighted by atomic mass is 10.1. The zero-order valence-electron chi connectivity index (χ0n) is 31.3. The Labute approximate surface area is 306 Å². The van der Waals surface area contributed by atoms with Crippen LogP contribution >= 0.6 is 7.82 Å². The molecule has 0 aromatic heterocycles. The molecule has 0 spiro atoms. The molecule has 0 saturated heterocycles. The van der Waals surface area contributed by atoms with Crippen LogP contribution in [0.15, 0.2) is 24.3 Å². The van der Waals surface area contributed by atoms with E-state index in [-0.39, 0.29) is 44.5 Å². The Hall–Kier alpha value is -2.57. The number of carbonyl (C=O) groups is 4. The van der Waals surface area contributed by atoms with Crippen LogP contribution in [-0.4, -0.2) is 74.5 Å². The molecule has 0 amide bonds. The number of carbonyl (C=O) groups excluding carboxylic acids is 4. The van der Waals surface area contributed by atoms with Crippen molar-refractivity contribution in [1.82, 2.24) is 0 Å². The maximum absolute atomic E-state index is 12.5. The molecule has 0 aliphatic heterocycles. The van der Waals surface area contributed by atoms with Gasteiger partial charge in [-0.2, -0.15) is 0 Å². The highest BCUT2D eigenvalue weighted by Gasteiger charge is 2.26. The normalized spacial score (nSPS) is 12.8. The number of ether oxygens (including phenoxy) is 4. The van der Waals surface area contributed by atoms with Crippen LogP contribution in [0.1, 0.15) is 142 Å². The van der Waals surface area contributed by atoms with Gasteiger partial charge in [0.2, 0.25) is 0 Å². The van der Waals surface area contributed by atoms with Crippen LogP contribution in [-0.2, 0) is 51.7 Å². The molecule has 3 N–H and O–H groups in total. The van der Waals surface area contributed by atoms with E-state index in [0.29, 0.717) is 37.2 Å². The van der Waals surface area contributed by atoms with Gasteiger partial charge in [-0.25, -0.2) is 14.2 Å². The minimum atomic E-state index is -4.41. The second-order valence-electron chi connectivity index (χ2n) is 12.9. The van der Waals surface area contributed by atoms with Gasteiger partial charge < -0.3 is 29.6 Å². The Balaban J connectivity index is 4.21. The van der Waals surface area contributed by atoms with E-state index < -0.39 is 32.5 Å². The number of hydrogen-bond donors (Lipinski definition) is 2. The molecule has 0 aliphatic rings. The van der Waals surface area contributed by atoms with Gasteiger partial charge in [-0.15, -0.1) is 0 Å². The van der Waals surface area contributed by atoms with Crippen molar-refractivity contribution in [3.05, 3.63) is 24.3 Å². The topological polar surface area (TPSA) is 187 Å². The van der Waals surface area contributed by atoms with Crippen molar-refractivity contribution < 1.29 is 56.6 Å². The summed E-state index contributed by atoms with van der Waals surface area (Å²) in [7, 11) is -4.41. The van der Waals surface area contributed by atoms with Crippen molar-refractivity contribution in [2.45, 2.75) is 148 Å². The molecule has 0 saturated carbocycles. The van der Waals surface area contributed by atoms with Crippen molar-refractivity contribution in [2.75, 3.05) is 39.6 Å². The third-order valence-electron chi connectivity index (χ3n) is 7.74. The number of phosphoric acid groups is 1. The summed E-state index contributed by atoms with van der Waals surface area (Å²) < 4.78 is 42.7. The fraction of sp³-hybridized carbons (Fsp3) is 0.784. The average molecular weight is 748 g/mol. The minimum Gasteiger partial charge on any atom is -0.462 e. The van der Waals surface area contributed by atoms with Crippen LogP contribution in [0.4, 0.5) is 0 Å². The molecule has 0 bridgehead atoms. The quantitative estimate of drug-likeness (QED) is 0.0213. The predicted octanol–water partition coefficient (Wildman–Crippen LogP) is 7.57. The molecule has 0 aliphatic carbocycles. The van der Waals surface area contributed by atoms with Crippen molar-refractivity contribution >= 4 is 31.7 Å². The Bertz CT molecular complexity index is 1050. The lowest BCUT2D eigenvalue weighted by Crippen LogP contribution is -2.29. The van der Waals surface area contributed by atoms with E-state index in [1.54, 1.807) is 13.8 Å². The van der Waals surface area contributed by atoms with Gasteiger partial charge in [0.25, 0.3) is 0 Å². The highest BCUT2D eigenvalue weighted by Crippen LogP contribution is 2.43. The number of esters is 4. The van der Waals surface area contributed by atoms with Crippen molar-refractivity contribution in [1.29, 1.82) is 0 Å². The molecule has 0 aromatic carbocycles. The predicted molar refractivity (Wildman–Crippen MR) is 196 cm³/mol. The van der Waals surface area contributed by atoms with Gasteiger partial charge in [-0.1, -0.05) is 103 Å². The maximum Gasteiger partial charge on any atom is 0.472 e. The van der Waals surface area contributed by atoms with Gasteiger partial charge in [0.05, 0.1) is 26.4 Å². The van der Waals surface area contributed by atoms with Crippen LogP contribution in [0.2, 0.25) is 0 Å². The highest BCUT2D eigenvalue weighted by molar-refractivity contribution is 7.47. The Kier molecular flexibility index (Phi) is 30.5. The zero-order valence-corrected chi connectivity index (χ0v) is 32.2. The van der Waals surface area contributed by atoms with Crippen LogP contribution < -0.4 is 5.73 Å². The first-order valence-corrected chi connectivity index (χ1v) is 20.2. The lowest BCUT2D eigenvalue weighted by Gasteiger charge is -2.19. The van der Waals surface area contributed by atoms with E-state index in [2.05, 4.69) is 13.2 Å². The monoisotopic (exact) mass is 747 g/mol. The van der Waals surface area contributed by atoms with E-state index in [1.165, 1.54) is 0 Å². The lowest BCUT2D eigenvalue weighted by molar-refractivity contribution is -0.161. The van der Waals surface area contributed by atoms with Crippen LogP contribution in [0.25, 0.3) is 0 Å². The van der Waals surface area contributed by atoms with Gasteiger partial charge in [-0.05, 0) is 39.5 Å². The van der Waals surface area contributed by atoms with E-state index >= 15 is 0 Å². The third kappa shape index (κ3) is 31.9. The third-order valence-corrected chi connectivity index (χ3v) is 8.72. The van der Waals surface area contributed by atoms with E-state index in [9.17, 15) is 28.6 Å². The van der Waals surface area contributed by atoms with Gasteiger partial charge in [-0.3, -0.25) is 18.6 Å². The molecule has 0 aromatic rings. The summed E-state index contributed by atoms with van der Waals surface area (Å²) in [4.78, 5) is 57.4. The van der Waals surface area contributed by atoms with Crippen molar-refractivity contribution in [3.8, 4) is 0 Å². The molecule has 13 nitrogen and oxygen atoms in total. The number of hydrogen-bond acceptors (Lipinski definition) is 12. The number of nitrogens with two attached hydrogens (primary N) is 1. The zero-order chi connectivity index (χ0) is 38.2. The largest absolute Gasteiger partial charge is 0.472 e. The first-order valence-electron chi connectivity index (χ1n) is 18.7. The summed E-state index contributed by atoms with van der Waals surface area (Å²) >= 11 is 0. The first kappa shape index (κ1) is 48.4. The van der Waals surface area contributed by atoms with E-state index in [0.717, 1.165) is 103 Å². The molecular weight excluding hydrogens is 681 g/mol. The highest BCUT2D eigenvalue weighted by atomic mass is 31.2. The SMILES string of the molecule is C=C(C)C(=O)OCCCCCCCCCCCC(=O)OC[C@H](COP(=O)(O)OCCN)OC(=O)CCCCCCCCCCCOC(=O)C(=C)C. The van der Waals surface area contributed by atoms with Gasteiger partial charge in [0, 0.05) is 30.5 Å². The standard InChI is InChI=1S/C37H66NO12P/c1-31(2)36(41)45-26-21-17-13-9-5-7-11-15-19-23-34(39)47-29-33(30-49-51(43,44)48-28-25-38)50-35(40)24-20-16-12-8-6-10-14-18-22-27-46-37(42)32(3)4/h33H,1,3,5-30,38H2,2,4H3,(H,43,44)/t33-/m1/s1. The molecule has 0 heterocycles. The second kappa shape index (κ2) is 32.1. The van der Waals surface area contributed by atoms with Crippen molar-refractivity contribution in [3.63, 3.8) is 0 Å². The molecule has 0 rings (SSSR count). The molecule has 2 atom stereocenters. The number of rotatable bonds is 35. The van der Waals surface area contributed by atoms with Crippen LogP contribution in [0.3, 0.4) is 0 Å². The molecule has 0 radical (unpaired) electrons. The molecule has 1 unspecified atom stereocenters. The summed E-state index contributed by atoms with van der Waals surface area (Å²) in [5.74, 6) is -1.64. The number of unbranched alkanes of at least 4 members (excludes halogenated alkanes) is 16. The fourth-order valence-corrected chi connectivity index (χ4v) is 5.56. The van der Waals surface area contributed by atoms with Crippen LogP contribution in [0, 0.1) is 0 Å².